The van der Waals surface area contributed by atoms with Crippen LogP contribution in [0.2, 0.25) is 0 Å². The van der Waals surface area contributed by atoms with Crippen LogP contribution in [0.5, 0.6) is 0 Å². The number of carbonyl (C=O) groups excluding carboxylic acids is 2. The van der Waals surface area contributed by atoms with Gasteiger partial charge in [-0.2, -0.15) is 0 Å². The van der Waals surface area contributed by atoms with Gasteiger partial charge in [0.1, 0.15) is 0 Å². The van der Waals surface area contributed by atoms with Crippen LogP contribution in [-0.2, 0) is 14.3 Å². The summed E-state index contributed by atoms with van der Waals surface area (Å²) in [6.45, 7) is 4.90. The SMILES string of the molecule is CCCCCCCC/C=C\CCCCCCCCCCCC(=O)OCCCCCCCCCCCCCC/C=C\CCCCCCCCCCCCCCCCCCCC(=O)NC(CO)C(O)/C=C/CCCCCCCCC. The number of unbranched alkanes of at least 4 members (excludes halogenated alkanes) is 51. The summed E-state index contributed by atoms with van der Waals surface area (Å²) in [4.78, 5) is 24.5. The van der Waals surface area contributed by atoms with Gasteiger partial charge >= 0.3 is 5.97 Å². The largest absolute Gasteiger partial charge is 0.466 e. The Balaban J connectivity index is 3.32. The Kier molecular flexibility index (Phi) is 65.9. The highest BCUT2D eigenvalue weighted by molar-refractivity contribution is 5.76. The lowest BCUT2D eigenvalue weighted by molar-refractivity contribution is -0.143. The van der Waals surface area contributed by atoms with Gasteiger partial charge in [-0.15, -0.1) is 0 Å². The summed E-state index contributed by atoms with van der Waals surface area (Å²) >= 11 is 0. The van der Waals surface area contributed by atoms with Crippen LogP contribution in [0.1, 0.15) is 386 Å². The smallest absolute Gasteiger partial charge is 0.305 e. The first-order chi connectivity index (χ1) is 38.5. The van der Waals surface area contributed by atoms with Crippen LogP contribution in [0.25, 0.3) is 0 Å². The number of carbonyl (C=O) groups is 2. The van der Waals surface area contributed by atoms with Crippen molar-refractivity contribution in [3.05, 3.63) is 36.5 Å². The van der Waals surface area contributed by atoms with Crippen molar-refractivity contribution < 1.29 is 24.5 Å². The molecule has 0 aromatic carbocycles. The number of hydrogen-bond donors (Lipinski definition) is 3. The molecule has 6 nitrogen and oxygen atoms in total. The molecule has 0 saturated heterocycles. The van der Waals surface area contributed by atoms with Crippen molar-refractivity contribution in [2.24, 2.45) is 0 Å². The van der Waals surface area contributed by atoms with E-state index in [0.29, 0.717) is 19.4 Å². The highest BCUT2D eigenvalue weighted by Gasteiger charge is 2.18. The van der Waals surface area contributed by atoms with Gasteiger partial charge in [-0.1, -0.05) is 326 Å². The van der Waals surface area contributed by atoms with E-state index in [1.54, 1.807) is 6.08 Å². The maximum atomic E-state index is 12.4. The van der Waals surface area contributed by atoms with Gasteiger partial charge in [0.25, 0.3) is 0 Å². The third-order valence-corrected chi connectivity index (χ3v) is 16.4. The normalized spacial score (nSPS) is 12.7. The molecule has 0 aliphatic rings. The lowest BCUT2D eigenvalue weighted by Crippen LogP contribution is -2.45. The van der Waals surface area contributed by atoms with Crippen molar-refractivity contribution in [3.8, 4) is 0 Å². The third kappa shape index (κ3) is 63.3. The average molecular weight is 1100 g/mol. The molecule has 0 aromatic rings. The monoisotopic (exact) mass is 1100 g/mol. The van der Waals surface area contributed by atoms with E-state index in [1.807, 2.05) is 6.08 Å². The van der Waals surface area contributed by atoms with E-state index in [0.717, 1.165) is 38.5 Å². The lowest BCUT2D eigenvalue weighted by atomic mass is 10.0. The Morgan fingerprint density at radius 2 is 0.603 bits per heavy atom. The Bertz CT molecular complexity index is 1260. The van der Waals surface area contributed by atoms with Crippen molar-refractivity contribution in [1.29, 1.82) is 0 Å². The van der Waals surface area contributed by atoms with Crippen molar-refractivity contribution in [2.75, 3.05) is 13.2 Å². The highest BCUT2D eigenvalue weighted by Crippen LogP contribution is 2.18. The summed E-state index contributed by atoms with van der Waals surface area (Å²) in [6.07, 6.45) is 86.8. The molecule has 0 aliphatic heterocycles. The van der Waals surface area contributed by atoms with Crippen LogP contribution in [0, 0.1) is 0 Å². The second-order valence-electron chi connectivity index (χ2n) is 24.2. The van der Waals surface area contributed by atoms with Crippen LogP contribution >= 0.6 is 0 Å². The van der Waals surface area contributed by atoms with Gasteiger partial charge in [-0.25, -0.2) is 0 Å². The van der Waals surface area contributed by atoms with E-state index in [-0.39, 0.29) is 18.5 Å². The molecule has 0 radical (unpaired) electrons. The van der Waals surface area contributed by atoms with Crippen LogP contribution in [0.4, 0.5) is 0 Å². The summed E-state index contributed by atoms with van der Waals surface area (Å²) in [7, 11) is 0. The molecule has 6 heteroatoms. The van der Waals surface area contributed by atoms with Gasteiger partial charge in [-0.3, -0.25) is 9.59 Å². The van der Waals surface area contributed by atoms with E-state index in [4.69, 9.17) is 4.74 Å². The maximum Gasteiger partial charge on any atom is 0.305 e. The average Bonchev–Trinajstić information content (AvgIpc) is 3.44. The Morgan fingerprint density at radius 1 is 0.346 bits per heavy atom. The fraction of sp³-hybridized carbons (Fsp3) is 0.889. The Hall–Kier alpha value is -1.92. The zero-order valence-corrected chi connectivity index (χ0v) is 52.7. The van der Waals surface area contributed by atoms with Gasteiger partial charge in [0.2, 0.25) is 5.91 Å². The van der Waals surface area contributed by atoms with Gasteiger partial charge in [0.05, 0.1) is 25.4 Å². The lowest BCUT2D eigenvalue weighted by Gasteiger charge is -2.20. The zero-order valence-electron chi connectivity index (χ0n) is 52.7. The first-order valence-corrected chi connectivity index (χ1v) is 35.3. The molecule has 0 fully saturated rings. The fourth-order valence-corrected chi connectivity index (χ4v) is 11.0. The minimum atomic E-state index is -0.840. The topological polar surface area (TPSA) is 95.9 Å². The minimum Gasteiger partial charge on any atom is -0.466 e. The molecule has 0 aromatic heterocycles. The molecular weight excluding hydrogens is 959 g/mol. The van der Waals surface area contributed by atoms with Gasteiger partial charge in [0.15, 0.2) is 0 Å². The summed E-state index contributed by atoms with van der Waals surface area (Å²) in [5.41, 5.74) is 0. The number of esters is 1. The second-order valence-corrected chi connectivity index (χ2v) is 24.2. The number of aliphatic hydroxyl groups is 2. The Morgan fingerprint density at radius 3 is 0.910 bits per heavy atom. The van der Waals surface area contributed by atoms with Crippen molar-refractivity contribution in [3.63, 3.8) is 0 Å². The predicted octanol–water partition coefficient (Wildman–Crippen LogP) is 22.7. The molecule has 2 atom stereocenters. The molecule has 0 rings (SSSR count). The van der Waals surface area contributed by atoms with Crippen LogP contribution in [0.15, 0.2) is 36.5 Å². The van der Waals surface area contributed by atoms with E-state index in [2.05, 4.69) is 43.5 Å². The van der Waals surface area contributed by atoms with E-state index in [9.17, 15) is 19.8 Å². The number of aliphatic hydroxyl groups excluding tert-OH is 2. The van der Waals surface area contributed by atoms with E-state index >= 15 is 0 Å². The molecule has 0 heterocycles. The molecule has 460 valence electrons. The number of hydrogen-bond acceptors (Lipinski definition) is 5. The van der Waals surface area contributed by atoms with Crippen molar-refractivity contribution in [1.82, 2.24) is 5.32 Å². The van der Waals surface area contributed by atoms with E-state index < -0.39 is 12.1 Å². The first kappa shape index (κ1) is 76.1. The second kappa shape index (κ2) is 67.6. The van der Waals surface area contributed by atoms with Crippen LogP contribution < -0.4 is 5.32 Å². The number of allylic oxidation sites excluding steroid dienone is 5. The molecule has 0 spiro atoms. The number of amides is 1. The summed E-state index contributed by atoms with van der Waals surface area (Å²) in [5.74, 6) is -0.0482. The first-order valence-electron chi connectivity index (χ1n) is 35.3. The summed E-state index contributed by atoms with van der Waals surface area (Å²) in [5, 5.41) is 23.0. The molecule has 0 bridgehead atoms. The maximum absolute atomic E-state index is 12.4. The number of nitrogens with one attached hydrogen (secondary N) is 1. The fourth-order valence-electron chi connectivity index (χ4n) is 11.0. The predicted molar refractivity (Wildman–Crippen MR) is 343 cm³/mol. The number of rotatable bonds is 66. The molecule has 3 N–H and O–H groups in total. The third-order valence-electron chi connectivity index (χ3n) is 16.4. The van der Waals surface area contributed by atoms with Gasteiger partial charge < -0.3 is 20.3 Å². The molecule has 0 aliphatic carbocycles. The van der Waals surface area contributed by atoms with Gasteiger partial charge in [-0.05, 0) is 83.5 Å². The summed E-state index contributed by atoms with van der Waals surface area (Å²) < 4.78 is 5.51. The standard InChI is InChI=1S/C72H137NO5/c1-3-5-7-9-11-13-14-15-16-17-33-37-40-43-46-50-54-58-62-66-72(77)78-67-63-59-55-51-47-44-41-38-35-32-30-28-26-24-22-20-18-19-21-23-25-27-29-31-34-36-39-42-45-49-53-57-61-65-71(76)73-69(68-74)70(75)64-60-56-52-48-12-10-8-6-4-2/h15-16,22,24,60,64,69-70,74-75H,3-14,17-21,23,25-59,61-63,65-68H2,1-2H3,(H,73,76)/b16-15-,24-22-,64-60+. The Labute approximate surface area is 487 Å². The van der Waals surface area contributed by atoms with Crippen molar-refractivity contribution in [2.45, 2.75) is 398 Å². The minimum absolute atomic E-state index is 0.0183. The molecule has 78 heavy (non-hydrogen) atoms. The molecule has 2 unspecified atom stereocenters. The van der Waals surface area contributed by atoms with E-state index in [1.165, 1.54) is 321 Å². The molecule has 0 saturated carbocycles. The molecular formula is C72H137NO5. The summed E-state index contributed by atoms with van der Waals surface area (Å²) in [6, 6.07) is -0.623. The molecule has 1 amide bonds. The zero-order chi connectivity index (χ0) is 56.4. The highest BCUT2D eigenvalue weighted by atomic mass is 16.5. The number of ether oxygens (including phenoxy) is 1. The van der Waals surface area contributed by atoms with Gasteiger partial charge in [0, 0.05) is 12.8 Å². The van der Waals surface area contributed by atoms with Crippen LogP contribution in [-0.4, -0.2) is 47.4 Å². The van der Waals surface area contributed by atoms with Crippen LogP contribution in [0.3, 0.4) is 0 Å². The van der Waals surface area contributed by atoms with Crippen molar-refractivity contribution >= 4 is 11.9 Å². The quantitative estimate of drug-likeness (QED) is 0.0320.